The number of hydrogen-bond acceptors (Lipinski definition) is 4. The number of carboxylic acid groups (broad SMARTS) is 1. The first-order valence-electron chi connectivity index (χ1n) is 4.05. The Morgan fingerprint density at radius 2 is 2.23 bits per heavy atom. The van der Waals surface area contributed by atoms with Crippen LogP contribution >= 0.6 is 23.5 Å². The number of hydrogen-bond donors (Lipinski definition) is 1. The van der Waals surface area contributed by atoms with E-state index in [-0.39, 0.29) is 17.0 Å². The first-order valence-corrected chi connectivity index (χ1v) is 6.19. The van der Waals surface area contributed by atoms with Gasteiger partial charge in [0.1, 0.15) is 0 Å². The topological polar surface area (TPSA) is 54.4 Å². The molecule has 1 N–H and O–H groups in total. The first-order chi connectivity index (χ1) is 6.11. The van der Waals surface area contributed by atoms with Gasteiger partial charge in [-0.15, -0.1) is 0 Å². The van der Waals surface area contributed by atoms with Gasteiger partial charge in [0, 0.05) is 18.4 Å². The highest BCUT2D eigenvalue weighted by Crippen LogP contribution is 2.32. The average molecular weight is 220 g/mol. The minimum absolute atomic E-state index is 0.0704. The van der Waals surface area contributed by atoms with Crippen molar-refractivity contribution in [1.82, 2.24) is 0 Å². The zero-order valence-electron chi connectivity index (χ0n) is 7.36. The van der Waals surface area contributed by atoms with E-state index in [0.717, 1.165) is 5.75 Å². The van der Waals surface area contributed by atoms with Crippen molar-refractivity contribution in [3.63, 3.8) is 0 Å². The lowest BCUT2D eigenvalue weighted by Gasteiger charge is -2.12. The van der Waals surface area contributed by atoms with Gasteiger partial charge in [0.25, 0.3) is 0 Å². The van der Waals surface area contributed by atoms with Crippen molar-refractivity contribution in [3.05, 3.63) is 0 Å². The molecule has 0 unspecified atom stereocenters. The molecule has 2 atom stereocenters. The van der Waals surface area contributed by atoms with E-state index >= 15 is 0 Å². The fourth-order valence-electron chi connectivity index (χ4n) is 1.26. The van der Waals surface area contributed by atoms with Gasteiger partial charge in [0.15, 0.2) is 5.12 Å². The largest absolute Gasteiger partial charge is 0.481 e. The molecule has 0 aromatic carbocycles. The highest BCUT2D eigenvalue weighted by Gasteiger charge is 2.33. The van der Waals surface area contributed by atoms with Crippen molar-refractivity contribution in [2.45, 2.75) is 6.92 Å². The van der Waals surface area contributed by atoms with Crippen LogP contribution < -0.4 is 0 Å². The van der Waals surface area contributed by atoms with E-state index in [9.17, 15) is 9.59 Å². The van der Waals surface area contributed by atoms with Crippen LogP contribution in [0.5, 0.6) is 0 Å². The lowest BCUT2D eigenvalue weighted by Crippen LogP contribution is -2.23. The number of thioether (sulfide) groups is 2. The molecule has 1 aliphatic rings. The molecule has 0 radical (unpaired) electrons. The molecule has 13 heavy (non-hydrogen) atoms. The third-order valence-electron chi connectivity index (χ3n) is 2.02. The maximum absolute atomic E-state index is 10.7. The Kier molecular flexibility index (Phi) is 4.12. The molecule has 1 rings (SSSR count). The third-order valence-corrected chi connectivity index (χ3v) is 4.28. The maximum atomic E-state index is 10.7. The summed E-state index contributed by atoms with van der Waals surface area (Å²) < 4.78 is 0. The van der Waals surface area contributed by atoms with Crippen molar-refractivity contribution in [2.75, 3.05) is 17.3 Å². The molecule has 0 saturated carbocycles. The van der Waals surface area contributed by atoms with E-state index in [1.807, 2.05) is 0 Å². The van der Waals surface area contributed by atoms with E-state index < -0.39 is 5.97 Å². The molecular weight excluding hydrogens is 208 g/mol. The second kappa shape index (κ2) is 4.91. The van der Waals surface area contributed by atoms with Gasteiger partial charge >= 0.3 is 5.97 Å². The normalized spacial score (nSPS) is 27.5. The van der Waals surface area contributed by atoms with Crippen LogP contribution in [0.3, 0.4) is 0 Å². The summed E-state index contributed by atoms with van der Waals surface area (Å²) in [5, 5.41) is 8.91. The summed E-state index contributed by atoms with van der Waals surface area (Å²) in [6.45, 7) is 1.52. The highest BCUT2D eigenvalue weighted by atomic mass is 32.2. The van der Waals surface area contributed by atoms with E-state index in [1.54, 1.807) is 11.8 Å². The van der Waals surface area contributed by atoms with Crippen LogP contribution in [0.25, 0.3) is 0 Å². The van der Waals surface area contributed by atoms with Gasteiger partial charge in [-0.3, -0.25) is 9.59 Å². The predicted molar refractivity (Wildman–Crippen MR) is 55.1 cm³/mol. The summed E-state index contributed by atoms with van der Waals surface area (Å²) in [6, 6.07) is 0. The van der Waals surface area contributed by atoms with Gasteiger partial charge in [-0.25, -0.2) is 0 Å². The lowest BCUT2D eigenvalue weighted by atomic mass is 9.98. The van der Waals surface area contributed by atoms with Crippen LogP contribution in [0.1, 0.15) is 6.92 Å². The van der Waals surface area contributed by atoms with Gasteiger partial charge in [-0.1, -0.05) is 11.8 Å². The molecule has 74 valence electrons. The van der Waals surface area contributed by atoms with Gasteiger partial charge in [0.05, 0.1) is 5.92 Å². The Morgan fingerprint density at radius 3 is 2.77 bits per heavy atom. The minimum Gasteiger partial charge on any atom is -0.481 e. The number of aliphatic carboxylic acids is 1. The first kappa shape index (κ1) is 10.9. The smallest absolute Gasteiger partial charge is 0.307 e. The fraction of sp³-hybridized carbons (Fsp3) is 0.750. The van der Waals surface area contributed by atoms with Crippen molar-refractivity contribution in [1.29, 1.82) is 0 Å². The highest BCUT2D eigenvalue weighted by molar-refractivity contribution is 8.13. The Labute approximate surface area is 85.7 Å². The molecule has 0 spiro atoms. The molecule has 0 bridgehead atoms. The molecule has 0 aliphatic carbocycles. The van der Waals surface area contributed by atoms with Gasteiger partial charge < -0.3 is 5.11 Å². The summed E-state index contributed by atoms with van der Waals surface area (Å²) in [6.07, 6.45) is 0. The molecule has 3 nitrogen and oxygen atoms in total. The summed E-state index contributed by atoms with van der Waals surface area (Å²) >= 11 is 2.90. The van der Waals surface area contributed by atoms with E-state index in [0.29, 0.717) is 11.5 Å². The van der Waals surface area contributed by atoms with Gasteiger partial charge in [-0.2, -0.15) is 11.8 Å². The Hall–Kier alpha value is -0.160. The van der Waals surface area contributed by atoms with Crippen LogP contribution in [0.15, 0.2) is 0 Å². The van der Waals surface area contributed by atoms with E-state index in [2.05, 4.69) is 0 Å². The average Bonchev–Trinajstić information content (AvgIpc) is 2.47. The van der Waals surface area contributed by atoms with E-state index in [1.165, 1.54) is 18.7 Å². The molecule has 0 aromatic rings. The quantitative estimate of drug-likeness (QED) is 0.777. The van der Waals surface area contributed by atoms with Gasteiger partial charge in [-0.05, 0) is 11.7 Å². The number of carboxylic acids is 1. The maximum Gasteiger partial charge on any atom is 0.307 e. The molecule has 1 aliphatic heterocycles. The van der Waals surface area contributed by atoms with Crippen LogP contribution in [0, 0.1) is 11.8 Å². The molecule has 1 fully saturated rings. The Bertz CT molecular complexity index is 217. The van der Waals surface area contributed by atoms with E-state index in [4.69, 9.17) is 5.11 Å². The van der Waals surface area contributed by atoms with Crippen LogP contribution in [0.4, 0.5) is 0 Å². The second-order valence-electron chi connectivity index (χ2n) is 3.04. The summed E-state index contributed by atoms with van der Waals surface area (Å²) in [5.74, 6) is 1.40. The predicted octanol–water partition coefficient (Wildman–Crippen LogP) is 1.33. The van der Waals surface area contributed by atoms with Crippen molar-refractivity contribution >= 4 is 34.6 Å². The van der Waals surface area contributed by atoms with Crippen LogP contribution in [-0.2, 0) is 9.59 Å². The fourth-order valence-corrected chi connectivity index (χ4v) is 3.67. The summed E-state index contributed by atoms with van der Waals surface area (Å²) in [4.78, 5) is 21.4. The molecule has 0 amide bonds. The molecular formula is C8H12O3S2. The molecule has 1 saturated heterocycles. The number of carbonyl (C=O) groups is 2. The van der Waals surface area contributed by atoms with Crippen molar-refractivity contribution < 1.29 is 14.7 Å². The Balaban J connectivity index is 2.39. The SMILES string of the molecule is CC(=O)SC[C@@H]1CSC[C@H]1C(=O)O. The molecule has 1 heterocycles. The third kappa shape index (κ3) is 3.23. The number of carbonyl (C=O) groups excluding carboxylic acids is 1. The zero-order valence-corrected chi connectivity index (χ0v) is 8.99. The summed E-state index contributed by atoms with van der Waals surface area (Å²) in [5.41, 5.74) is 0. The van der Waals surface area contributed by atoms with Crippen molar-refractivity contribution in [3.8, 4) is 0 Å². The van der Waals surface area contributed by atoms with Crippen LogP contribution in [-0.4, -0.2) is 33.4 Å². The van der Waals surface area contributed by atoms with Crippen molar-refractivity contribution in [2.24, 2.45) is 11.8 Å². The molecule has 5 heteroatoms. The standard InChI is InChI=1S/C8H12O3S2/c1-5(9)13-3-6-2-12-4-7(6)8(10)11/h6-7H,2-4H2,1H3,(H,10,11)/t6-,7+/m0/s1. The van der Waals surface area contributed by atoms with Crippen LogP contribution in [0.2, 0.25) is 0 Å². The van der Waals surface area contributed by atoms with Gasteiger partial charge in [0.2, 0.25) is 0 Å². The zero-order chi connectivity index (χ0) is 9.84. The minimum atomic E-state index is -0.723. The monoisotopic (exact) mass is 220 g/mol. The molecule has 0 aromatic heterocycles. The number of rotatable bonds is 3. The second-order valence-corrected chi connectivity index (χ2v) is 5.32. The summed E-state index contributed by atoms with van der Waals surface area (Å²) in [7, 11) is 0. The Morgan fingerprint density at radius 1 is 1.54 bits per heavy atom. The lowest BCUT2D eigenvalue weighted by molar-refractivity contribution is -0.141.